The zero-order valence-electron chi connectivity index (χ0n) is 20.6. The third kappa shape index (κ3) is 6.62. The van der Waals surface area contributed by atoms with Crippen molar-refractivity contribution in [3.05, 3.63) is 90.0 Å². The lowest BCUT2D eigenvalue weighted by atomic mass is 10.1. The van der Waals surface area contributed by atoms with Crippen molar-refractivity contribution in [3.63, 3.8) is 0 Å². The van der Waals surface area contributed by atoms with Gasteiger partial charge in [0.15, 0.2) is 11.5 Å². The number of hydrogen-bond acceptors (Lipinski definition) is 4. The molecule has 188 valence electrons. The maximum atomic E-state index is 13.0. The summed E-state index contributed by atoms with van der Waals surface area (Å²) in [5.74, 6) is 2.01. The topological polar surface area (TPSA) is 65.4 Å². The first-order chi connectivity index (χ1) is 17.7. The van der Waals surface area contributed by atoms with Crippen molar-refractivity contribution in [1.82, 2.24) is 14.9 Å². The van der Waals surface area contributed by atoms with Crippen LogP contribution in [0.3, 0.4) is 0 Å². The van der Waals surface area contributed by atoms with Gasteiger partial charge in [0.25, 0.3) is 5.91 Å². The molecule has 0 radical (unpaired) electrons. The third-order valence-electron chi connectivity index (χ3n) is 5.92. The van der Waals surface area contributed by atoms with Gasteiger partial charge >= 0.3 is 0 Å². The fourth-order valence-corrected chi connectivity index (χ4v) is 4.15. The van der Waals surface area contributed by atoms with Gasteiger partial charge in [0.05, 0.1) is 24.2 Å². The number of unbranched alkanes of at least 4 members (excludes halogenated alkanes) is 2. The van der Waals surface area contributed by atoms with E-state index in [1.54, 1.807) is 0 Å². The van der Waals surface area contributed by atoms with Crippen molar-refractivity contribution in [3.8, 4) is 11.5 Å². The van der Waals surface area contributed by atoms with Crippen LogP contribution in [0.4, 0.5) is 4.39 Å². The molecule has 6 nitrogen and oxygen atoms in total. The van der Waals surface area contributed by atoms with E-state index in [1.165, 1.54) is 24.3 Å². The Balaban J connectivity index is 1.28. The van der Waals surface area contributed by atoms with Crippen LogP contribution in [-0.2, 0) is 13.0 Å². The summed E-state index contributed by atoms with van der Waals surface area (Å²) in [6.07, 6.45) is 3.63. The van der Waals surface area contributed by atoms with Gasteiger partial charge in [-0.05, 0) is 68.3 Å². The third-order valence-corrected chi connectivity index (χ3v) is 5.92. The molecular formula is C29H32FN3O3. The maximum absolute atomic E-state index is 13.0. The van der Waals surface area contributed by atoms with Gasteiger partial charge in [0, 0.05) is 18.5 Å². The fraction of sp³-hybridized carbons (Fsp3) is 0.310. The second-order valence-electron chi connectivity index (χ2n) is 8.47. The number of para-hydroxylation sites is 4. The lowest BCUT2D eigenvalue weighted by Gasteiger charge is -2.13. The van der Waals surface area contributed by atoms with E-state index in [0.29, 0.717) is 31.9 Å². The monoisotopic (exact) mass is 489 g/mol. The lowest BCUT2D eigenvalue weighted by Crippen LogP contribution is -2.24. The number of fused-ring (bicyclic) bond motifs is 1. The van der Waals surface area contributed by atoms with Gasteiger partial charge in [-0.2, -0.15) is 0 Å². The summed E-state index contributed by atoms with van der Waals surface area (Å²) in [5.41, 5.74) is 2.55. The van der Waals surface area contributed by atoms with Gasteiger partial charge in [-0.15, -0.1) is 0 Å². The summed E-state index contributed by atoms with van der Waals surface area (Å²) < 4.78 is 27.0. The summed E-state index contributed by atoms with van der Waals surface area (Å²) in [7, 11) is 0. The summed E-state index contributed by atoms with van der Waals surface area (Å²) in [6, 6.07) is 21.4. The summed E-state index contributed by atoms with van der Waals surface area (Å²) >= 11 is 0. The molecule has 1 amide bonds. The minimum absolute atomic E-state index is 0.178. The molecule has 3 aromatic carbocycles. The Labute approximate surface area is 211 Å². The van der Waals surface area contributed by atoms with E-state index < -0.39 is 0 Å². The Morgan fingerprint density at radius 2 is 1.64 bits per heavy atom. The number of halogens is 1. The molecule has 0 aliphatic heterocycles. The number of aryl methyl sites for hydroxylation is 1. The predicted molar refractivity (Wildman–Crippen MR) is 139 cm³/mol. The van der Waals surface area contributed by atoms with Crippen LogP contribution in [0.15, 0.2) is 72.8 Å². The van der Waals surface area contributed by atoms with Crippen LogP contribution in [0.1, 0.15) is 42.4 Å². The van der Waals surface area contributed by atoms with Gasteiger partial charge in [0.2, 0.25) is 0 Å². The van der Waals surface area contributed by atoms with E-state index in [0.717, 1.165) is 54.0 Å². The van der Waals surface area contributed by atoms with Crippen LogP contribution < -0.4 is 14.8 Å². The van der Waals surface area contributed by atoms with Crippen molar-refractivity contribution in [1.29, 1.82) is 0 Å². The number of rotatable bonds is 13. The lowest BCUT2D eigenvalue weighted by molar-refractivity contribution is 0.0953. The number of amides is 1. The van der Waals surface area contributed by atoms with Crippen LogP contribution >= 0.6 is 0 Å². The molecule has 1 aromatic heterocycles. The normalized spacial score (nSPS) is 10.9. The highest BCUT2D eigenvalue weighted by molar-refractivity contribution is 5.94. The first kappa shape index (κ1) is 25.2. The molecular weight excluding hydrogens is 457 g/mol. The quantitative estimate of drug-likeness (QED) is 0.241. The van der Waals surface area contributed by atoms with Gasteiger partial charge < -0.3 is 19.4 Å². The van der Waals surface area contributed by atoms with Crippen LogP contribution in [0, 0.1) is 5.82 Å². The molecule has 0 saturated heterocycles. The van der Waals surface area contributed by atoms with Gasteiger partial charge in [-0.1, -0.05) is 30.7 Å². The van der Waals surface area contributed by atoms with E-state index in [9.17, 15) is 9.18 Å². The van der Waals surface area contributed by atoms with Crippen LogP contribution in [-0.4, -0.2) is 35.2 Å². The summed E-state index contributed by atoms with van der Waals surface area (Å²) in [6.45, 7) is 4.32. The minimum Gasteiger partial charge on any atom is -0.490 e. The SMILES string of the molecule is CCOc1ccccc1OCCn1c(CCCCCNC(=O)c2ccc(F)cc2)nc2ccccc21. The molecule has 0 atom stereocenters. The molecule has 0 saturated carbocycles. The number of carbonyl (C=O) groups is 1. The molecule has 36 heavy (non-hydrogen) atoms. The summed E-state index contributed by atoms with van der Waals surface area (Å²) in [5, 5.41) is 2.90. The highest BCUT2D eigenvalue weighted by atomic mass is 19.1. The zero-order chi connectivity index (χ0) is 25.2. The van der Waals surface area contributed by atoms with E-state index in [2.05, 4.69) is 16.0 Å². The number of carbonyl (C=O) groups excluding carboxylic acids is 1. The minimum atomic E-state index is -0.348. The molecule has 4 aromatic rings. The van der Waals surface area contributed by atoms with Gasteiger partial charge in [-0.3, -0.25) is 4.79 Å². The summed E-state index contributed by atoms with van der Waals surface area (Å²) in [4.78, 5) is 17.0. The average molecular weight is 490 g/mol. The first-order valence-electron chi connectivity index (χ1n) is 12.5. The number of aromatic nitrogens is 2. The van der Waals surface area contributed by atoms with Crippen LogP contribution in [0.5, 0.6) is 11.5 Å². The smallest absolute Gasteiger partial charge is 0.251 e. The Morgan fingerprint density at radius 3 is 2.42 bits per heavy atom. The molecule has 0 spiro atoms. The van der Waals surface area contributed by atoms with E-state index in [4.69, 9.17) is 14.5 Å². The van der Waals surface area contributed by atoms with Crippen molar-refractivity contribution in [2.24, 2.45) is 0 Å². The second-order valence-corrected chi connectivity index (χ2v) is 8.47. The predicted octanol–water partition coefficient (Wildman–Crippen LogP) is 5.80. The molecule has 0 aliphatic carbocycles. The number of benzene rings is 3. The Kier molecular flexibility index (Phi) is 8.92. The molecule has 0 unspecified atom stereocenters. The highest BCUT2D eigenvalue weighted by Crippen LogP contribution is 2.26. The molecule has 4 rings (SSSR count). The van der Waals surface area contributed by atoms with Crippen molar-refractivity contribution in [2.45, 2.75) is 39.2 Å². The maximum Gasteiger partial charge on any atom is 0.251 e. The Hall–Kier alpha value is -3.87. The molecule has 0 aliphatic rings. The highest BCUT2D eigenvalue weighted by Gasteiger charge is 2.11. The Morgan fingerprint density at radius 1 is 0.917 bits per heavy atom. The van der Waals surface area contributed by atoms with Crippen LogP contribution in [0.2, 0.25) is 0 Å². The van der Waals surface area contributed by atoms with Crippen molar-refractivity contribution in [2.75, 3.05) is 19.8 Å². The number of ether oxygens (including phenoxy) is 2. The van der Waals surface area contributed by atoms with E-state index in [-0.39, 0.29) is 11.7 Å². The molecule has 1 heterocycles. The van der Waals surface area contributed by atoms with E-state index >= 15 is 0 Å². The molecule has 0 fully saturated rings. The number of nitrogens with zero attached hydrogens (tertiary/aromatic N) is 2. The second kappa shape index (κ2) is 12.7. The molecule has 0 bridgehead atoms. The molecule has 7 heteroatoms. The number of imidazole rings is 1. The number of hydrogen-bond donors (Lipinski definition) is 1. The van der Waals surface area contributed by atoms with E-state index in [1.807, 2.05) is 49.4 Å². The average Bonchev–Trinajstić information content (AvgIpc) is 3.25. The zero-order valence-corrected chi connectivity index (χ0v) is 20.6. The Bertz CT molecular complexity index is 1270. The van der Waals surface area contributed by atoms with Crippen molar-refractivity contribution < 1.29 is 18.7 Å². The fourth-order valence-electron chi connectivity index (χ4n) is 4.15. The van der Waals surface area contributed by atoms with Crippen molar-refractivity contribution >= 4 is 16.9 Å². The first-order valence-corrected chi connectivity index (χ1v) is 12.5. The van der Waals surface area contributed by atoms with Gasteiger partial charge in [0.1, 0.15) is 18.2 Å². The molecule has 1 N–H and O–H groups in total. The largest absolute Gasteiger partial charge is 0.490 e. The standard InChI is InChI=1S/C29H32FN3O3/c1-2-35-26-12-7-8-13-27(26)36-21-20-33-25-11-6-5-10-24(25)32-28(33)14-4-3-9-19-31-29(34)22-15-17-23(30)18-16-22/h5-8,10-13,15-18H,2-4,9,14,19-21H2,1H3,(H,31,34). The van der Waals surface area contributed by atoms with Crippen LogP contribution in [0.25, 0.3) is 11.0 Å². The number of nitrogens with one attached hydrogen (secondary N) is 1. The van der Waals surface area contributed by atoms with Gasteiger partial charge in [-0.25, -0.2) is 9.37 Å².